The molecule has 0 atom stereocenters. The molecule has 2 aromatic carbocycles. The molecule has 0 aliphatic heterocycles. The fraction of sp³-hybridized carbons (Fsp3) is 0.0952. The molecule has 2 aromatic heterocycles. The highest BCUT2D eigenvalue weighted by Gasteiger charge is 2.12. The lowest BCUT2D eigenvalue weighted by molar-refractivity contribution is -0.111. The van der Waals surface area contributed by atoms with Crippen LogP contribution in [0.4, 0.5) is 5.95 Å². The van der Waals surface area contributed by atoms with Gasteiger partial charge in [0.1, 0.15) is 11.5 Å². The molecule has 0 saturated heterocycles. The number of nitrogens with one attached hydrogen (secondary N) is 1. The molecule has 2 heterocycles. The number of hydrogen-bond acceptors (Lipinski definition) is 6. The average Bonchev–Trinajstić information content (AvgIpc) is 3.33. The standard InChI is InChI=1S/C21H18N4O3S/c1-27-16-8-3-14(4-9-16)5-12-19(26)22-20-23-21-25(24-20)18(13-29-21)15-6-10-17(28-2)11-7-15/h3-13H,1-2H3,(H,22,24,26)/b12-5+. The number of thiazole rings is 1. The van der Waals surface area contributed by atoms with Crippen molar-refractivity contribution in [1.29, 1.82) is 0 Å². The molecule has 0 fully saturated rings. The summed E-state index contributed by atoms with van der Waals surface area (Å²) in [5.74, 6) is 1.51. The molecule has 0 aliphatic rings. The van der Waals surface area contributed by atoms with E-state index in [1.165, 1.54) is 17.4 Å². The van der Waals surface area contributed by atoms with Crippen molar-refractivity contribution in [3.63, 3.8) is 0 Å². The smallest absolute Gasteiger partial charge is 0.250 e. The number of hydrogen-bond donors (Lipinski definition) is 1. The van der Waals surface area contributed by atoms with E-state index >= 15 is 0 Å². The Balaban J connectivity index is 1.48. The summed E-state index contributed by atoms with van der Waals surface area (Å²) in [5.41, 5.74) is 2.77. The van der Waals surface area contributed by atoms with Gasteiger partial charge in [-0.1, -0.05) is 12.1 Å². The number of amides is 1. The number of carbonyl (C=O) groups is 1. The summed E-state index contributed by atoms with van der Waals surface area (Å²) in [6, 6.07) is 15.1. The van der Waals surface area contributed by atoms with Crippen LogP contribution in [0.25, 0.3) is 22.3 Å². The highest BCUT2D eigenvalue weighted by Crippen LogP contribution is 2.27. The van der Waals surface area contributed by atoms with Gasteiger partial charge in [-0.3, -0.25) is 10.1 Å². The van der Waals surface area contributed by atoms with Crippen molar-refractivity contribution in [2.45, 2.75) is 0 Å². The quantitative estimate of drug-likeness (QED) is 0.487. The zero-order chi connectivity index (χ0) is 20.2. The summed E-state index contributed by atoms with van der Waals surface area (Å²) >= 11 is 1.46. The van der Waals surface area contributed by atoms with E-state index < -0.39 is 0 Å². The molecule has 7 nitrogen and oxygen atoms in total. The predicted molar refractivity (Wildman–Crippen MR) is 114 cm³/mol. The molecular weight excluding hydrogens is 388 g/mol. The van der Waals surface area contributed by atoms with Gasteiger partial charge in [-0.25, -0.2) is 4.52 Å². The van der Waals surface area contributed by atoms with Gasteiger partial charge in [-0.15, -0.1) is 16.4 Å². The maximum absolute atomic E-state index is 12.2. The Labute approximate surface area is 171 Å². The number of methoxy groups -OCH3 is 2. The van der Waals surface area contributed by atoms with Gasteiger partial charge in [-0.2, -0.15) is 4.98 Å². The molecular formula is C21H18N4O3S. The molecule has 0 spiro atoms. The molecule has 146 valence electrons. The second kappa shape index (κ2) is 8.15. The van der Waals surface area contributed by atoms with Crippen LogP contribution in [-0.4, -0.2) is 34.7 Å². The van der Waals surface area contributed by atoms with Crippen molar-refractivity contribution >= 4 is 34.2 Å². The Morgan fingerprint density at radius 1 is 1.03 bits per heavy atom. The van der Waals surface area contributed by atoms with Crippen LogP contribution in [0.15, 0.2) is 60.0 Å². The van der Waals surface area contributed by atoms with Crippen LogP contribution in [0.5, 0.6) is 11.5 Å². The van der Waals surface area contributed by atoms with Crippen LogP contribution in [0.2, 0.25) is 0 Å². The van der Waals surface area contributed by atoms with Crippen molar-refractivity contribution in [1.82, 2.24) is 14.6 Å². The zero-order valence-corrected chi connectivity index (χ0v) is 16.6. The van der Waals surface area contributed by atoms with Crippen molar-refractivity contribution in [2.75, 3.05) is 19.5 Å². The lowest BCUT2D eigenvalue weighted by Gasteiger charge is -2.02. The van der Waals surface area contributed by atoms with Gasteiger partial charge in [0, 0.05) is 17.0 Å². The first-order valence-electron chi connectivity index (χ1n) is 8.78. The van der Waals surface area contributed by atoms with E-state index in [2.05, 4.69) is 15.4 Å². The number of aromatic nitrogens is 3. The van der Waals surface area contributed by atoms with Crippen molar-refractivity contribution in [3.05, 3.63) is 65.6 Å². The van der Waals surface area contributed by atoms with Gasteiger partial charge in [0.25, 0.3) is 11.9 Å². The topological polar surface area (TPSA) is 77.8 Å². The van der Waals surface area contributed by atoms with Crippen LogP contribution >= 0.6 is 11.3 Å². The minimum Gasteiger partial charge on any atom is -0.497 e. The Morgan fingerprint density at radius 2 is 1.69 bits per heavy atom. The molecule has 1 N–H and O–H groups in total. The molecule has 0 radical (unpaired) electrons. The molecule has 1 amide bonds. The van der Waals surface area contributed by atoms with E-state index in [1.807, 2.05) is 53.9 Å². The van der Waals surface area contributed by atoms with E-state index in [1.54, 1.807) is 24.8 Å². The Morgan fingerprint density at radius 3 is 2.34 bits per heavy atom. The van der Waals surface area contributed by atoms with Gasteiger partial charge in [-0.05, 0) is 48.0 Å². The number of anilines is 1. The predicted octanol–water partition coefficient (Wildman–Crippen LogP) is 4.13. The van der Waals surface area contributed by atoms with E-state index in [0.717, 1.165) is 28.3 Å². The summed E-state index contributed by atoms with van der Waals surface area (Å²) in [6.45, 7) is 0. The van der Waals surface area contributed by atoms with E-state index in [9.17, 15) is 4.79 Å². The van der Waals surface area contributed by atoms with Gasteiger partial charge >= 0.3 is 0 Å². The van der Waals surface area contributed by atoms with E-state index in [4.69, 9.17) is 9.47 Å². The molecule has 29 heavy (non-hydrogen) atoms. The summed E-state index contributed by atoms with van der Waals surface area (Å²) in [6.07, 6.45) is 3.16. The molecule has 0 aliphatic carbocycles. The Bertz CT molecular complexity index is 1160. The minimum atomic E-state index is -0.301. The monoisotopic (exact) mass is 406 g/mol. The van der Waals surface area contributed by atoms with Crippen LogP contribution in [0.1, 0.15) is 5.56 Å². The average molecular weight is 406 g/mol. The lowest BCUT2D eigenvalue weighted by Crippen LogP contribution is -2.09. The van der Waals surface area contributed by atoms with Crippen LogP contribution in [0.3, 0.4) is 0 Å². The highest BCUT2D eigenvalue weighted by atomic mass is 32.1. The Hall–Kier alpha value is -3.65. The summed E-state index contributed by atoms with van der Waals surface area (Å²) in [5, 5.41) is 9.09. The second-order valence-corrected chi connectivity index (χ2v) is 6.91. The molecule has 0 saturated carbocycles. The van der Waals surface area contributed by atoms with Crippen molar-refractivity contribution in [3.8, 4) is 22.8 Å². The van der Waals surface area contributed by atoms with E-state index in [-0.39, 0.29) is 11.9 Å². The molecule has 4 rings (SSSR count). The second-order valence-electron chi connectivity index (χ2n) is 6.07. The number of fused-ring (bicyclic) bond motifs is 1. The number of rotatable bonds is 6. The minimum absolute atomic E-state index is 0.260. The summed E-state index contributed by atoms with van der Waals surface area (Å²) in [7, 11) is 3.24. The first-order valence-corrected chi connectivity index (χ1v) is 9.66. The molecule has 8 heteroatoms. The van der Waals surface area contributed by atoms with Crippen molar-refractivity contribution < 1.29 is 14.3 Å². The first kappa shape index (κ1) is 18.7. The third kappa shape index (κ3) is 4.12. The SMILES string of the molecule is COc1ccc(/C=C/C(=O)Nc2nc3scc(-c4ccc(OC)cc4)n3n2)cc1. The lowest BCUT2D eigenvalue weighted by atomic mass is 10.2. The van der Waals surface area contributed by atoms with Crippen molar-refractivity contribution in [2.24, 2.45) is 0 Å². The van der Waals surface area contributed by atoms with Crippen LogP contribution < -0.4 is 14.8 Å². The zero-order valence-electron chi connectivity index (χ0n) is 15.8. The summed E-state index contributed by atoms with van der Waals surface area (Å²) < 4.78 is 12.0. The first-order chi connectivity index (χ1) is 14.2. The normalized spacial score (nSPS) is 11.1. The number of ether oxygens (including phenoxy) is 2. The molecule has 0 unspecified atom stereocenters. The largest absolute Gasteiger partial charge is 0.497 e. The fourth-order valence-electron chi connectivity index (χ4n) is 2.73. The van der Waals surface area contributed by atoms with Gasteiger partial charge < -0.3 is 9.47 Å². The number of benzene rings is 2. The van der Waals surface area contributed by atoms with E-state index in [0.29, 0.717) is 4.96 Å². The number of carbonyl (C=O) groups excluding carboxylic acids is 1. The third-order valence-corrected chi connectivity index (χ3v) is 5.06. The maximum Gasteiger partial charge on any atom is 0.250 e. The maximum atomic E-state index is 12.2. The van der Waals surface area contributed by atoms with Crippen LogP contribution in [-0.2, 0) is 4.79 Å². The fourth-order valence-corrected chi connectivity index (χ4v) is 3.56. The third-order valence-electron chi connectivity index (χ3n) is 4.25. The molecule has 4 aromatic rings. The molecule has 0 bridgehead atoms. The Kier molecular flexibility index (Phi) is 5.26. The van der Waals surface area contributed by atoms with Gasteiger partial charge in [0.2, 0.25) is 4.96 Å². The van der Waals surface area contributed by atoms with Gasteiger partial charge in [0.05, 0.1) is 19.9 Å². The highest BCUT2D eigenvalue weighted by molar-refractivity contribution is 7.15. The van der Waals surface area contributed by atoms with Crippen LogP contribution in [0, 0.1) is 0 Å². The van der Waals surface area contributed by atoms with Gasteiger partial charge in [0.15, 0.2) is 0 Å². The summed E-state index contributed by atoms with van der Waals surface area (Å²) in [4.78, 5) is 17.3. The number of nitrogens with zero attached hydrogens (tertiary/aromatic N) is 3.